The molecule has 1 aromatic heterocycles. The Balaban J connectivity index is 2.14. The largest absolute Gasteiger partial charge is 0.316 e. The molecule has 1 amide bonds. The van der Waals surface area contributed by atoms with E-state index < -0.39 is 0 Å². The summed E-state index contributed by atoms with van der Waals surface area (Å²) >= 11 is 5.87. The number of hydrogen-bond donors (Lipinski definition) is 2. The number of nitrogens with zero attached hydrogens (tertiary/aromatic N) is 2. The van der Waals surface area contributed by atoms with Crippen LogP contribution in [-0.2, 0) is 4.79 Å². The van der Waals surface area contributed by atoms with Crippen LogP contribution in [0.1, 0.15) is 31.9 Å². The van der Waals surface area contributed by atoms with Crippen LogP contribution in [0, 0.1) is 12.3 Å². The van der Waals surface area contributed by atoms with Gasteiger partial charge in [0.15, 0.2) is 0 Å². The summed E-state index contributed by atoms with van der Waals surface area (Å²) < 4.78 is 0. The molecule has 1 aliphatic heterocycles. The van der Waals surface area contributed by atoms with Crippen molar-refractivity contribution in [3.8, 4) is 0 Å². The Morgan fingerprint density at radius 2 is 2.37 bits per heavy atom. The van der Waals surface area contributed by atoms with Crippen molar-refractivity contribution in [1.29, 1.82) is 0 Å². The highest BCUT2D eigenvalue weighted by molar-refractivity contribution is 6.29. The van der Waals surface area contributed by atoms with Crippen LogP contribution < -0.4 is 10.6 Å². The van der Waals surface area contributed by atoms with E-state index >= 15 is 0 Å². The summed E-state index contributed by atoms with van der Waals surface area (Å²) in [5, 5.41) is 6.41. The van der Waals surface area contributed by atoms with E-state index in [9.17, 15) is 4.79 Å². The number of nitrogens with one attached hydrogen (secondary N) is 2. The van der Waals surface area contributed by atoms with E-state index in [0.717, 1.165) is 31.5 Å². The fourth-order valence-electron chi connectivity index (χ4n) is 2.56. The molecule has 0 bridgehead atoms. The van der Waals surface area contributed by atoms with E-state index in [1.165, 1.54) is 0 Å². The third-order valence-corrected chi connectivity index (χ3v) is 3.70. The van der Waals surface area contributed by atoms with Gasteiger partial charge in [-0.3, -0.25) is 10.1 Å². The molecule has 0 spiro atoms. The summed E-state index contributed by atoms with van der Waals surface area (Å²) in [6.07, 6.45) is 2.70. The predicted molar refractivity (Wildman–Crippen MR) is 75.2 cm³/mol. The lowest BCUT2D eigenvalue weighted by atomic mass is 9.81. The highest BCUT2D eigenvalue weighted by Gasteiger charge is 2.40. The third kappa shape index (κ3) is 3.22. The average Bonchev–Trinajstić information content (AvgIpc) is 2.78. The second-order valence-electron chi connectivity index (χ2n) is 5.07. The van der Waals surface area contributed by atoms with Crippen LogP contribution in [0.15, 0.2) is 6.07 Å². The molecule has 1 saturated heterocycles. The fourth-order valence-corrected chi connectivity index (χ4v) is 2.80. The van der Waals surface area contributed by atoms with Gasteiger partial charge in [-0.25, -0.2) is 9.97 Å². The van der Waals surface area contributed by atoms with E-state index in [4.69, 9.17) is 11.6 Å². The number of anilines is 1. The molecule has 1 fully saturated rings. The van der Waals surface area contributed by atoms with Gasteiger partial charge >= 0.3 is 0 Å². The lowest BCUT2D eigenvalue weighted by Gasteiger charge is -2.25. The van der Waals surface area contributed by atoms with Crippen molar-refractivity contribution in [2.45, 2.75) is 33.1 Å². The molecule has 2 heterocycles. The van der Waals surface area contributed by atoms with Crippen LogP contribution in [0.3, 0.4) is 0 Å². The van der Waals surface area contributed by atoms with Gasteiger partial charge in [-0.15, -0.1) is 0 Å². The summed E-state index contributed by atoms with van der Waals surface area (Å²) in [6.45, 7) is 5.50. The number of amides is 1. The molecule has 1 aromatic rings. The third-order valence-electron chi connectivity index (χ3n) is 3.50. The first-order chi connectivity index (χ1) is 9.05. The Morgan fingerprint density at radius 3 is 2.95 bits per heavy atom. The molecule has 0 saturated carbocycles. The Morgan fingerprint density at radius 1 is 1.58 bits per heavy atom. The van der Waals surface area contributed by atoms with Gasteiger partial charge in [0.25, 0.3) is 0 Å². The molecular formula is C13H19ClN4O. The lowest BCUT2D eigenvalue weighted by Crippen LogP contribution is -2.38. The molecule has 1 aliphatic rings. The maximum atomic E-state index is 12.5. The van der Waals surface area contributed by atoms with E-state index in [2.05, 4.69) is 27.5 Å². The van der Waals surface area contributed by atoms with Crippen LogP contribution in [0.5, 0.6) is 0 Å². The number of aromatic nitrogens is 2. The number of carbonyl (C=O) groups excluding carboxylic acids is 1. The highest BCUT2D eigenvalue weighted by atomic mass is 35.5. The van der Waals surface area contributed by atoms with Crippen LogP contribution in [0.4, 0.5) is 5.95 Å². The van der Waals surface area contributed by atoms with Crippen molar-refractivity contribution in [3.63, 3.8) is 0 Å². The first kappa shape index (κ1) is 14.2. The van der Waals surface area contributed by atoms with E-state index in [1.807, 2.05) is 6.92 Å². The first-order valence-corrected chi connectivity index (χ1v) is 6.97. The number of aryl methyl sites for hydroxylation is 1. The Bertz CT molecular complexity index is 451. The average molecular weight is 283 g/mol. The zero-order chi connectivity index (χ0) is 13.9. The molecule has 2 rings (SSSR count). The van der Waals surface area contributed by atoms with E-state index in [-0.39, 0.29) is 17.3 Å². The molecule has 5 nitrogen and oxygen atoms in total. The number of halogens is 1. The molecule has 0 aromatic carbocycles. The van der Waals surface area contributed by atoms with Crippen molar-refractivity contribution < 1.29 is 4.79 Å². The van der Waals surface area contributed by atoms with Crippen LogP contribution >= 0.6 is 11.6 Å². The van der Waals surface area contributed by atoms with Crippen LogP contribution in [-0.4, -0.2) is 29.0 Å². The number of hydrogen-bond acceptors (Lipinski definition) is 4. The maximum absolute atomic E-state index is 12.5. The summed E-state index contributed by atoms with van der Waals surface area (Å²) in [5.74, 6) is 0.276. The van der Waals surface area contributed by atoms with Crippen LogP contribution in [0.2, 0.25) is 5.15 Å². The fraction of sp³-hybridized carbons (Fsp3) is 0.615. The van der Waals surface area contributed by atoms with Crippen molar-refractivity contribution >= 4 is 23.5 Å². The normalized spacial score (nSPS) is 22.5. The molecule has 2 N–H and O–H groups in total. The van der Waals surface area contributed by atoms with Gasteiger partial charge in [-0.05, 0) is 32.4 Å². The smallest absolute Gasteiger partial charge is 0.234 e. The second-order valence-corrected chi connectivity index (χ2v) is 5.45. The number of rotatable bonds is 4. The zero-order valence-electron chi connectivity index (χ0n) is 11.3. The van der Waals surface area contributed by atoms with E-state index in [0.29, 0.717) is 11.7 Å². The van der Waals surface area contributed by atoms with Crippen LogP contribution in [0.25, 0.3) is 0 Å². The Labute approximate surface area is 118 Å². The highest BCUT2D eigenvalue weighted by Crippen LogP contribution is 2.32. The number of carbonyl (C=O) groups is 1. The zero-order valence-corrected chi connectivity index (χ0v) is 12.0. The molecule has 1 atom stereocenters. The predicted octanol–water partition coefficient (Wildman–Crippen LogP) is 2.16. The summed E-state index contributed by atoms with van der Waals surface area (Å²) in [7, 11) is 0. The monoisotopic (exact) mass is 282 g/mol. The van der Waals surface area contributed by atoms with Gasteiger partial charge in [-0.2, -0.15) is 0 Å². The van der Waals surface area contributed by atoms with Gasteiger partial charge < -0.3 is 5.32 Å². The standard InChI is InChI=1S/C13H19ClN4O/c1-3-4-13(5-6-15-8-13)11(19)18-12-16-9(2)7-10(14)17-12/h7,15H,3-6,8H2,1-2H3,(H,16,17,18,19). The van der Waals surface area contributed by atoms with Gasteiger partial charge in [0.2, 0.25) is 11.9 Å². The Hall–Kier alpha value is -1.20. The summed E-state index contributed by atoms with van der Waals surface area (Å²) in [5.41, 5.74) is 0.401. The second kappa shape index (κ2) is 5.84. The van der Waals surface area contributed by atoms with Gasteiger partial charge in [0, 0.05) is 12.2 Å². The van der Waals surface area contributed by atoms with Crippen molar-refractivity contribution in [1.82, 2.24) is 15.3 Å². The molecule has 0 aliphatic carbocycles. The maximum Gasteiger partial charge on any atom is 0.234 e. The lowest BCUT2D eigenvalue weighted by molar-refractivity contribution is -0.125. The first-order valence-electron chi connectivity index (χ1n) is 6.59. The molecular weight excluding hydrogens is 264 g/mol. The molecule has 104 valence electrons. The quantitative estimate of drug-likeness (QED) is 0.831. The van der Waals surface area contributed by atoms with E-state index in [1.54, 1.807) is 6.07 Å². The molecule has 0 radical (unpaired) electrons. The van der Waals surface area contributed by atoms with Gasteiger partial charge in [-0.1, -0.05) is 24.9 Å². The topological polar surface area (TPSA) is 66.9 Å². The minimum atomic E-state index is -0.339. The van der Waals surface area contributed by atoms with Gasteiger partial charge in [0.05, 0.1) is 5.41 Å². The summed E-state index contributed by atoms with van der Waals surface area (Å²) in [4.78, 5) is 20.7. The minimum Gasteiger partial charge on any atom is -0.316 e. The SMILES string of the molecule is CCCC1(C(=O)Nc2nc(C)cc(Cl)n2)CCNC1. The molecule has 1 unspecified atom stereocenters. The van der Waals surface area contributed by atoms with Gasteiger partial charge in [0.1, 0.15) is 5.15 Å². The van der Waals surface area contributed by atoms with Crippen molar-refractivity contribution in [2.75, 3.05) is 18.4 Å². The molecule has 6 heteroatoms. The van der Waals surface area contributed by atoms with Crippen molar-refractivity contribution in [3.05, 3.63) is 16.9 Å². The minimum absolute atomic E-state index is 0.0129. The summed E-state index contributed by atoms with van der Waals surface area (Å²) in [6, 6.07) is 1.66. The Kier molecular flexibility index (Phi) is 4.37. The molecule has 19 heavy (non-hydrogen) atoms. The van der Waals surface area contributed by atoms with Crippen molar-refractivity contribution in [2.24, 2.45) is 5.41 Å².